The van der Waals surface area contributed by atoms with E-state index in [1.54, 1.807) is 12.3 Å². The Bertz CT molecular complexity index is 780. The summed E-state index contributed by atoms with van der Waals surface area (Å²) in [5.41, 5.74) is 1.51. The minimum absolute atomic E-state index is 0.356. The third kappa shape index (κ3) is 1.95. The van der Waals surface area contributed by atoms with E-state index in [-0.39, 0.29) is 5.56 Å². The molecule has 0 amide bonds. The van der Waals surface area contributed by atoms with Gasteiger partial charge in [0.1, 0.15) is 11.5 Å². The first-order valence-electron chi connectivity index (χ1n) is 5.62. The van der Waals surface area contributed by atoms with Gasteiger partial charge in [-0.1, -0.05) is 0 Å². The molecule has 19 heavy (non-hydrogen) atoms. The smallest absolute Gasteiger partial charge is 0.338 e. The van der Waals surface area contributed by atoms with Crippen LogP contribution in [0.15, 0.2) is 42.6 Å². The van der Waals surface area contributed by atoms with Crippen LogP contribution in [0, 0.1) is 5.82 Å². The van der Waals surface area contributed by atoms with Crippen LogP contribution in [-0.4, -0.2) is 21.0 Å². The number of carbonyl (C=O) groups is 1. The summed E-state index contributed by atoms with van der Waals surface area (Å²) in [4.78, 5) is 18.3. The molecule has 2 heterocycles. The molecule has 0 fully saturated rings. The maximum atomic E-state index is 13.3. The molecule has 0 aliphatic carbocycles. The van der Waals surface area contributed by atoms with Crippen molar-refractivity contribution in [2.45, 2.75) is 0 Å². The molecule has 0 saturated carbocycles. The normalized spacial score (nSPS) is 10.8. The van der Waals surface area contributed by atoms with Crippen molar-refractivity contribution >= 4 is 17.0 Å². The molecule has 0 aliphatic heterocycles. The average molecular weight is 256 g/mol. The zero-order chi connectivity index (χ0) is 13.4. The summed E-state index contributed by atoms with van der Waals surface area (Å²) < 4.78 is 13.3. The number of H-pyrrole nitrogens is 1. The number of fused-ring (bicyclic) bond motifs is 1. The Morgan fingerprint density at radius 3 is 2.84 bits per heavy atom. The van der Waals surface area contributed by atoms with Gasteiger partial charge in [-0.25, -0.2) is 14.2 Å². The standard InChI is InChI=1S/C14H9FN2O2/c15-11-3-1-9(7-10(11)14(18)19)12-4-2-8-5-6-16-13(8)17-12/h1-7H,(H,16,17)(H,18,19). The van der Waals surface area contributed by atoms with E-state index in [4.69, 9.17) is 5.11 Å². The van der Waals surface area contributed by atoms with Crippen LogP contribution in [0.4, 0.5) is 4.39 Å². The van der Waals surface area contributed by atoms with Gasteiger partial charge in [-0.2, -0.15) is 0 Å². The largest absolute Gasteiger partial charge is 0.478 e. The van der Waals surface area contributed by atoms with Gasteiger partial charge in [0, 0.05) is 17.1 Å². The summed E-state index contributed by atoms with van der Waals surface area (Å²) in [5.74, 6) is -2.04. The summed E-state index contributed by atoms with van der Waals surface area (Å²) in [5, 5.41) is 9.87. The second kappa shape index (κ2) is 4.20. The summed E-state index contributed by atoms with van der Waals surface area (Å²) in [6.45, 7) is 0. The molecule has 0 radical (unpaired) electrons. The van der Waals surface area contributed by atoms with Crippen LogP contribution in [-0.2, 0) is 0 Å². The first kappa shape index (κ1) is 11.4. The van der Waals surface area contributed by atoms with Crippen LogP contribution in [0.2, 0.25) is 0 Å². The van der Waals surface area contributed by atoms with E-state index in [1.165, 1.54) is 12.1 Å². The Labute approximate surface area is 107 Å². The van der Waals surface area contributed by atoms with Crippen molar-refractivity contribution in [3.8, 4) is 11.3 Å². The number of carboxylic acid groups (broad SMARTS) is 1. The molecule has 94 valence electrons. The first-order chi connectivity index (χ1) is 9.15. The minimum atomic E-state index is -1.29. The number of hydrogen-bond donors (Lipinski definition) is 2. The van der Waals surface area contributed by atoms with Crippen LogP contribution < -0.4 is 0 Å². The number of nitrogens with zero attached hydrogens (tertiary/aromatic N) is 1. The third-order valence-electron chi connectivity index (χ3n) is 2.90. The van der Waals surface area contributed by atoms with Gasteiger partial charge >= 0.3 is 5.97 Å². The Hall–Kier alpha value is -2.69. The van der Waals surface area contributed by atoms with Gasteiger partial charge in [-0.3, -0.25) is 0 Å². The molecule has 0 bridgehead atoms. The Morgan fingerprint density at radius 1 is 1.21 bits per heavy atom. The Kier molecular flexibility index (Phi) is 2.52. The molecule has 0 saturated heterocycles. The molecule has 3 rings (SSSR count). The van der Waals surface area contributed by atoms with Gasteiger partial charge in [0.2, 0.25) is 0 Å². The van der Waals surface area contributed by atoms with Crippen molar-refractivity contribution in [1.82, 2.24) is 9.97 Å². The minimum Gasteiger partial charge on any atom is -0.478 e. The maximum absolute atomic E-state index is 13.3. The van der Waals surface area contributed by atoms with Gasteiger partial charge < -0.3 is 10.1 Å². The Morgan fingerprint density at radius 2 is 2.05 bits per heavy atom. The number of hydrogen-bond acceptors (Lipinski definition) is 2. The molecule has 0 unspecified atom stereocenters. The summed E-state index contributed by atoms with van der Waals surface area (Å²) >= 11 is 0. The Balaban J connectivity index is 2.15. The van der Waals surface area contributed by atoms with Crippen molar-refractivity contribution in [3.05, 3.63) is 54.0 Å². The zero-order valence-corrected chi connectivity index (χ0v) is 9.72. The van der Waals surface area contributed by atoms with E-state index in [9.17, 15) is 9.18 Å². The average Bonchev–Trinajstić information content (AvgIpc) is 2.86. The van der Waals surface area contributed by atoms with E-state index in [2.05, 4.69) is 9.97 Å². The lowest BCUT2D eigenvalue weighted by Gasteiger charge is -2.03. The highest BCUT2D eigenvalue weighted by Crippen LogP contribution is 2.22. The fraction of sp³-hybridized carbons (Fsp3) is 0. The second-order valence-corrected chi connectivity index (χ2v) is 4.11. The molecule has 2 N–H and O–H groups in total. The number of pyridine rings is 1. The predicted molar refractivity (Wildman–Crippen MR) is 68.4 cm³/mol. The highest BCUT2D eigenvalue weighted by atomic mass is 19.1. The van der Waals surface area contributed by atoms with E-state index in [0.29, 0.717) is 16.9 Å². The second-order valence-electron chi connectivity index (χ2n) is 4.11. The number of aromatic amines is 1. The van der Waals surface area contributed by atoms with Crippen LogP contribution in [0.1, 0.15) is 10.4 Å². The molecule has 0 aliphatic rings. The zero-order valence-electron chi connectivity index (χ0n) is 9.72. The monoisotopic (exact) mass is 256 g/mol. The predicted octanol–water partition coefficient (Wildman–Crippen LogP) is 3.07. The molecule has 2 aromatic heterocycles. The quantitative estimate of drug-likeness (QED) is 0.740. The lowest BCUT2D eigenvalue weighted by molar-refractivity contribution is 0.0692. The van der Waals surface area contributed by atoms with Crippen molar-refractivity contribution in [2.24, 2.45) is 0 Å². The first-order valence-corrected chi connectivity index (χ1v) is 5.62. The highest BCUT2D eigenvalue weighted by Gasteiger charge is 2.12. The lowest BCUT2D eigenvalue weighted by atomic mass is 10.1. The van der Waals surface area contributed by atoms with E-state index >= 15 is 0 Å². The number of aromatic carboxylic acids is 1. The third-order valence-corrected chi connectivity index (χ3v) is 2.90. The van der Waals surface area contributed by atoms with Crippen molar-refractivity contribution in [1.29, 1.82) is 0 Å². The number of nitrogens with one attached hydrogen (secondary N) is 1. The fourth-order valence-corrected chi connectivity index (χ4v) is 1.94. The van der Waals surface area contributed by atoms with Gasteiger partial charge in [-0.15, -0.1) is 0 Å². The molecule has 5 heteroatoms. The number of halogens is 1. The number of rotatable bonds is 2. The number of carboxylic acids is 1. The maximum Gasteiger partial charge on any atom is 0.338 e. The lowest BCUT2D eigenvalue weighted by Crippen LogP contribution is -2.00. The van der Waals surface area contributed by atoms with Crippen LogP contribution in [0.3, 0.4) is 0 Å². The summed E-state index contributed by atoms with van der Waals surface area (Å²) in [7, 11) is 0. The molecule has 0 atom stereocenters. The number of aromatic nitrogens is 2. The van der Waals surface area contributed by atoms with E-state index in [0.717, 1.165) is 11.5 Å². The fourth-order valence-electron chi connectivity index (χ4n) is 1.94. The molecule has 4 nitrogen and oxygen atoms in total. The summed E-state index contributed by atoms with van der Waals surface area (Å²) in [6, 6.07) is 9.47. The van der Waals surface area contributed by atoms with Gasteiger partial charge in [-0.05, 0) is 36.4 Å². The SMILES string of the molecule is O=C(O)c1cc(-c2ccc3cc[nH]c3n2)ccc1F. The van der Waals surface area contributed by atoms with Gasteiger partial charge in [0.15, 0.2) is 0 Å². The van der Waals surface area contributed by atoms with Gasteiger partial charge in [0.25, 0.3) is 0 Å². The van der Waals surface area contributed by atoms with E-state index < -0.39 is 11.8 Å². The molecular weight excluding hydrogens is 247 g/mol. The van der Waals surface area contributed by atoms with Crippen LogP contribution in [0.25, 0.3) is 22.3 Å². The van der Waals surface area contributed by atoms with Gasteiger partial charge in [0.05, 0.1) is 11.3 Å². The van der Waals surface area contributed by atoms with E-state index in [1.807, 2.05) is 12.1 Å². The summed E-state index contributed by atoms with van der Waals surface area (Å²) in [6.07, 6.45) is 1.77. The number of benzene rings is 1. The van der Waals surface area contributed by atoms with Crippen LogP contribution >= 0.6 is 0 Å². The molecular formula is C14H9FN2O2. The van der Waals surface area contributed by atoms with Crippen molar-refractivity contribution in [2.75, 3.05) is 0 Å². The highest BCUT2D eigenvalue weighted by molar-refractivity contribution is 5.90. The molecule has 3 aromatic rings. The van der Waals surface area contributed by atoms with Crippen LogP contribution in [0.5, 0.6) is 0 Å². The topological polar surface area (TPSA) is 66.0 Å². The molecule has 0 spiro atoms. The van der Waals surface area contributed by atoms with Crippen molar-refractivity contribution in [3.63, 3.8) is 0 Å². The van der Waals surface area contributed by atoms with Crippen molar-refractivity contribution < 1.29 is 14.3 Å². The molecule has 1 aromatic carbocycles.